The van der Waals surface area contributed by atoms with E-state index in [0.29, 0.717) is 11.8 Å². The molecule has 3 aromatic heterocycles. The van der Waals surface area contributed by atoms with Crippen LogP contribution in [0.2, 0.25) is 0 Å². The number of nitrogens with zero attached hydrogens (tertiary/aromatic N) is 6. The number of piperidine rings is 1. The normalized spacial score (nSPS) is 18.6. The predicted molar refractivity (Wildman–Crippen MR) is 101 cm³/mol. The molecule has 0 spiro atoms. The van der Waals surface area contributed by atoms with E-state index in [1.165, 1.54) is 17.7 Å². The molecule has 142 valence electrons. The maximum absolute atomic E-state index is 5.86. The van der Waals surface area contributed by atoms with Crippen LogP contribution in [0.1, 0.15) is 73.7 Å². The monoisotopic (exact) mass is 366 g/mol. The average molecular weight is 366 g/mol. The lowest BCUT2D eigenvalue weighted by molar-refractivity contribution is 0.183. The summed E-state index contributed by atoms with van der Waals surface area (Å²) >= 11 is 0. The van der Waals surface area contributed by atoms with Crippen molar-refractivity contribution in [2.45, 2.75) is 64.3 Å². The third kappa shape index (κ3) is 3.14. The van der Waals surface area contributed by atoms with Gasteiger partial charge in [0.2, 0.25) is 5.89 Å². The molecule has 0 saturated carbocycles. The molecule has 3 aromatic rings. The lowest BCUT2D eigenvalue weighted by Crippen LogP contribution is -2.33. The molecule has 0 unspecified atom stereocenters. The number of rotatable bonds is 4. The van der Waals surface area contributed by atoms with E-state index in [1.54, 1.807) is 0 Å². The summed E-state index contributed by atoms with van der Waals surface area (Å²) in [4.78, 5) is 6.85. The summed E-state index contributed by atoms with van der Waals surface area (Å²) in [5.41, 5.74) is 3.47. The van der Waals surface area contributed by atoms with Crippen molar-refractivity contribution in [3.05, 3.63) is 41.0 Å². The van der Waals surface area contributed by atoms with Gasteiger partial charge in [-0.05, 0) is 56.8 Å². The van der Waals surface area contributed by atoms with E-state index in [1.807, 2.05) is 10.7 Å². The molecule has 0 aromatic carbocycles. The van der Waals surface area contributed by atoms with Crippen LogP contribution in [-0.4, -0.2) is 42.8 Å². The minimum atomic E-state index is 0.382. The van der Waals surface area contributed by atoms with Gasteiger partial charge in [-0.15, -0.1) is 10.2 Å². The number of aryl methyl sites for hydroxylation is 2. The molecule has 1 saturated heterocycles. The van der Waals surface area contributed by atoms with Crippen LogP contribution in [0.3, 0.4) is 0 Å². The largest absolute Gasteiger partial charge is 0.444 e. The molecule has 0 bridgehead atoms. The van der Waals surface area contributed by atoms with Gasteiger partial charge in [-0.2, -0.15) is 9.61 Å². The van der Waals surface area contributed by atoms with Gasteiger partial charge in [0.15, 0.2) is 11.5 Å². The molecular weight excluding hydrogens is 340 g/mol. The highest BCUT2D eigenvalue weighted by atomic mass is 16.4. The van der Waals surface area contributed by atoms with Gasteiger partial charge in [0.25, 0.3) is 0 Å². The van der Waals surface area contributed by atoms with Crippen LogP contribution >= 0.6 is 0 Å². The first-order valence-electron chi connectivity index (χ1n) is 10.1. The molecule has 1 aliphatic carbocycles. The Hall–Kier alpha value is -2.28. The summed E-state index contributed by atoms with van der Waals surface area (Å²) in [6.07, 6.45) is 7.40. The topological polar surface area (TPSA) is 72.4 Å². The Morgan fingerprint density at radius 2 is 2.04 bits per heavy atom. The van der Waals surface area contributed by atoms with Crippen LogP contribution < -0.4 is 0 Å². The second kappa shape index (κ2) is 6.71. The van der Waals surface area contributed by atoms with Crippen molar-refractivity contribution in [2.24, 2.45) is 0 Å². The Kier molecular flexibility index (Phi) is 4.19. The summed E-state index contributed by atoms with van der Waals surface area (Å²) in [7, 11) is 0. The van der Waals surface area contributed by atoms with E-state index < -0.39 is 0 Å². The molecule has 7 heteroatoms. The van der Waals surface area contributed by atoms with E-state index >= 15 is 0 Å². The zero-order chi connectivity index (χ0) is 18.4. The molecule has 0 radical (unpaired) electrons. The van der Waals surface area contributed by atoms with Crippen LogP contribution in [0.4, 0.5) is 0 Å². The number of oxazole rings is 1. The van der Waals surface area contributed by atoms with Crippen molar-refractivity contribution in [3.8, 4) is 0 Å². The molecular formula is C20H26N6O. The van der Waals surface area contributed by atoms with E-state index in [-0.39, 0.29) is 0 Å². The quantitative estimate of drug-likeness (QED) is 0.706. The first-order valence-corrected chi connectivity index (χ1v) is 10.1. The van der Waals surface area contributed by atoms with Crippen LogP contribution in [0.25, 0.3) is 5.65 Å². The lowest BCUT2D eigenvalue weighted by atomic mass is 9.96. The highest BCUT2D eigenvalue weighted by Gasteiger charge is 2.27. The number of fused-ring (bicyclic) bond motifs is 2. The van der Waals surface area contributed by atoms with Crippen LogP contribution in [0.5, 0.6) is 0 Å². The van der Waals surface area contributed by atoms with Crippen LogP contribution in [0.15, 0.2) is 16.7 Å². The lowest BCUT2D eigenvalue weighted by Gasteiger charge is -2.30. The summed E-state index contributed by atoms with van der Waals surface area (Å²) < 4.78 is 7.85. The molecule has 2 aliphatic rings. The van der Waals surface area contributed by atoms with Gasteiger partial charge < -0.3 is 4.42 Å². The fourth-order valence-corrected chi connectivity index (χ4v) is 4.25. The molecule has 1 fully saturated rings. The Bertz CT molecular complexity index is 951. The maximum Gasteiger partial charge on any atom is 0.208 e. The van der Waals surface area contributed by atoms with Crippen molar-refractivity contribution in [3.63, 3.8) is 0 Å². The van der Waals surface area contributed by atoms with E-state index in [2.05, 4.69) is 40.0 Å². The number of hydrogen-bond donors (Lipinski definition) is 0. The fourth-order valence-electron chi connectivity index (χ4n) is 4.25. The Morgan fingerprint density at radius 3 is 2.81 bits per heavy atom. The zero-order valence-corrected chi connectivity index (χ0v) is 16.1. The molecule has 5 rings (SSSR count). The second-order valence-electron chi connectivity index (χ2n) is 8.16. The molecule has 0 N–H and O–H groups in total. The standard InChI is InChI=1S/C20H26N6O/c1-13(2)17-11-21-19(27-17)12-25-8-6-14(7-9-25)20-23-22-18-10-15-4-3-5-16(15)24-26(18)20/h10-11,13-14H,3-9,12H2,1-2H3. The molecule has 27 heavy (non-hydrogen) atoms. The molecule has 0 atom stereocenters. The Morgan fingerprint density at radius 1 is 1.19 bits per heavy atom. The van der Waals surface area contributed by atoms with Gasteiger partial charge in [-0.1, -0.05) is 13.8 Å². The maximum atomic E-state index is 5.86. The van der Waals surface area contributed by atoms with Crippen molar-refractivity contribution in [1.29, 1.82) is 0 Å². The molecule has 1 aliphatic heterocycles. The third-order valence-electron chi connectivity index (χ3n) is 5.90. The van der Waals surface area contributed by atoms with Crippen molar-refractivity contribution in [2.75, 3.05) is 13.1 Å². The van der Waals surface area contributed by atoms with Crippen LogP contribution in [0, 0.1) is 0 Å². The predicted octanol–water partition coefficient (Wildman–Crippen LogP) is 3.10. The van der Waals surface area contributed by atoms with Crippen LogP contribution in [-0.2, 0) is 19.4 Å². The summed E-state index contributed by atoms with van der Waals surface area (Å²) in [5.74, 6) is 3.61. The van der Waals surface area contributed by atoms with Crippen molar-refractivity contribution in [1.82, 2.24) is 29.7 Å². The fraction of sp³-hybridized carbons (Fsp3) is 0.600. The summed E-state index contributed by atoms with van der Waals surface area (Å²) in [6, 6.07) is 2.18. The van der Waals surface area contributed by atoms with Gasteiger partial charge >= 0.3 is 0 Å². The minimum Gasteiger partial charge on any atom is -0.444 e. The second-order valence-corrected chi connectivity index (χ2v) is 8.16. The zero-order valence-electron chi connectivity index (χ0n) is 16.1. The van der Waals surface area contributed by atoms with E-state index in [4.69, 9.17) is 9.52 Å². The number of hydrogen-bond acceptors (Lipinski definition) is 6. The molecule has 0 amide bonds. The van der Waals surface area contributed by atoms with Gasteiger partial charge in [0, 0.05) is 11.8 Å². The van der Waals surface area contributed by atoms with Gasteiger partial charge in [-0.25, -0.2) is 4.98 Å². The number of aromatic nitrogens is 5. The molecule has 7 nitrogen and oxygen atoms in total. The minimum absolute atomic E-state index is 0.382. The highest BCUT2D eigenvalue weighted by molar-refractivity contribution is 5.43. The van der Waals surface area contributed by atoms with Crippen molar-refractivity contribution < 1.29 is 4.42 Å². The van der Waals surface area contributed by atoms with Crippen molar-refractivity contribution >= 4 is 5.65 Å². The number of likely N-dealkylation sites (tertiary alicyclic amines) is 1. The van der Waals surface area contributed by atoms with E-state index in [9.17, 15) is 0 Å². The Balaban J connectivity index is 1.27. The Labute approximate surface area is 158 Å². The van der Waals surface area contributed by atoms with Gasteiger partial charge in [-0.3, -0.25) is 4.90 Å². The highest BCUT2D eigenvalue weighted by Crippen LogP contribution is 2.29. The van der Waals surface area contributed by atoms with Gasteiger partial charge in [0.05, 0.1) is 18.4 Å². The van der Waals surface area contributed by atoms with E-state index in [0.717, 1.165) is 68.4 Å². The van der Waals surface area contributed by atoms with Gasteiger partial charge in [0.1, 0.15) is 5.76 Å². The third-order valence-corrected chi connectivity index (χ3v) is 5.90. The molecule has 4 heterocycles. The first-order chi connectivity index (χ1) is 13.2. The first kappa shape index (κ1) is 16.9. The smallest absolute Gasteiger partial charge is 0.208 e. The SMILES string of the molecule is CC(C)c1cnc(CN2CCC(c3nnc4cc5c(nn34)CCC5)CC2)o1. The summed E-state index contributed by atoms with van der Waals surface area (Å²) in [6.45, 7) is 7.07. The summed E-state index contributed by atoms with van der Waals surface area (Å²) in [5, 5.41) is 13.7. The average Bonchev–Trinajstić information content (AvgIpc) is 3.39.